The van der Waals surface area contributed by atoms with Crippen LogP contribution < -0.4 is 5.32 Å². The third-order valence-electron chi connectivity index (χ3n) is 4.27. The van der Waals surface area contributed by atoms with Crippen molar-refractivity contribution in [2.45, 2.75) is 64.5 Å². The van der Waals surface area contributed by atoms with Crippen LogP contribution >= 0.6 is 0 Å². The third-order valence-corrected chi connectivity index (χ3v) is 6.09. The fourth-order valence-electron chi connectivity index (χ4n) is 3.05. The molecule has 100 valence electrons. The summed E-state index contributed by atoms with van der Waals surface area (Å²) in [5.74, 6) is 0.746. The van der Waals surface area contributed by atoms with Crippen LogP contribution in [0.3, 0.4) is 0 Å². The summed E-state index contributed by atoms with van der Waals surface area (Å²) in [6, 6.07) is 0.751. The number of hydrogen-bond donors (Lipinski definition) is 1. The molecule has 0 radical (unpaired) electrons. The van der Waals surface area contributed by atoms with Crippen LogP contribution in [0.1, 0.15) is 52.4 Å². The van der Waals surface area contributed by atoms with Crippen LogP contribution in [-0.2, 0) is 9.84 Å². The molecule has 1 saturated carbocycles. The normalized spacial score (nSPS) is 33.4. The first kappa shape index (κ1) is 13.3. The Morgan fingerprint density at radius 2 is 1.71 bits per heavy atom. The Hall–Kier alpha value is -0.0900. The van der Waals surface area contributed by atoms with Gasteiger partial charge in [0.15, 0.2) is 9.84 Å². The minimum absolute atomic E-state index is 0.208. The van der Waals surface area contributed by atoms with Gasteiger partial charge in [-0.05, 0) is 43.9 Å². The maximum Gasteiger partial charge on any atom is 0.151 e. The SMILES string of the molecule is CC1(C)CCC(NC2CCCS(=O)(=O)C2)CC1. The van der Waals surface area contributed by atoms with Crippen molar-refractivity contribution in [3.05, 3.63) is 0 Å². The van der Waals surface area contributed by atoms with Crippen molar-refractivity contribution in [1.82, 2.24) is 5.32 Å². The molecular weight excluding hydrogens is 234 g/mol. The van der Waals surface area contributed by atoms with E-state index in [0.29, 0.717) is 23.0 Å². The second kappa shape index (κ2) is 4.88. The molecule has 1 aliphatic carbocycles. The van der Waals surface area contributed by atoms with Crippen LogP contribution in [0.2, 0.25) is 0 Å². The van der Waals surface area contributed by atoms with E-state index in [1.54, 1.807) is 0 Å². The summed E-state index contributed by atoms with van der Waals surface area (Å²) in [7, 11) is -2.77. The van der Waals surface area contributed by atoms with Crippen molar-refractivity contribution in [3.63, 3.8) is 0 Å². The zero-order chi connectivity index (χ0) is 12.5. The van der Waals surface area contributed by atoms with Crippen LogP contribution in [0.15, 0.2) is 0 Å². The topological polar surface area (TPSA) is 46.2 Å². The Bertz CT molecular complexity index is 352. The number of hydrogen-bond acceptors (Lipinski definition) is 3. The zero-order valence-corrected chi connectivity index (χ0v) is 11.9. The van der Waals surface area contributed by atoms with Gasteiger partial charge in [0.1, 0.15) is 0 Å². The molecule has 2 fully saturated rings. The number of nitrogens with one attached hydrogen (secondary N) is 1. The molecule has 0 aromatic carbocycles. The number of rotatable bonds is 2. The van der Waals surface area contributed by atoms with E-state index in [1.807, 2.05) is 0 Å². The first-order valence-electron chi connectivity index (χ1n) is 6.83. The fourth-order valence-corrected chi connectivity index (χ4v) is 4.70. The first-order valence-corrected chi connectivity index (χ1v) is 8.65. The Labute approximate surface area is 105 Å². The molecule has 4 heteroatoms. The highest BCUT2D eigenvalue weighted by Gasteiger charge is 2.30. The lowest BCUT2D eigenvalue weighted by atomic mass is 9.75. The molecule has 2 rings (SSSR count). The monoisotopic (exact) mass is 259 g/mol. The third kappa shape index (κ3) is 3.95. The maximum absolute atomic E-state index is 11.6. The van der Waals surface area contributed by atoms with Crippen molar-refractivity contribution >= 4 is 9.84 Å². The largest absolute Gasteiger partial charge is 0.310 e. The summed E-state index contributed by atoms with van der Waals surface area (Å²) < 4.78 is 23.1. The van der Waals surface area contributed by atoms with Crippen LogP contribution in [-0.4, -0.2) is 32.0 Å². The predicted molar refractivity (Wildman–Crippen MR) is 70.8 cm³/mol. The van der Waals surface area contributed by atoms with E-state index >= 15 is 0 Å². The van der Waals surface area contributed by atoms with E-state index in [-0.39, 0.29) is 6.04 Å². The molecule has 2 aliphatic rings. The molecule has 0 aromatic heterocycles. The van der Waals surface area contributed by atoms with Gasteiger partial charge in [-0.15, -0.1) is 0 Å². The molecular formula is C13H25NO2S. The van der Waals surface area contributed by atoms with Gasteiger partial charge in [0.05, 0.1) is 11.5 Å². The molecule has 1 atom stereocenters. The molecule has 3 nitrogen and oxygen atoms in total. The van der Waals surface area contributed by atoms with Gasteiger partial charge < -0.3 is 5.32 Å². The quantitative estimate of drug-likeness (QED) is 0.826. The second-order valence-corrected chi connectivity index (χ2v) is 8.79. The van der Waals surface area contributed by atoms with E-state index in [9.17, 15) is 8.42 Å². The molecule has 1 heterocycles. The van der Waals surface area contributed by atoms with E-state index in [4.69, 9.17) is 0 Å². The summed E-state index contributed by atoms with van der Waals surface area (Å²) in [5, 5.41) is 3.57. The summed E-state index contributed by atoms with van der Waals surface area (Å²) in [6.07, 6.45) is 6.76. The minimum Gasteiger partial charge on any atom is -0.310 e. The molecule has 0 aromatic rings. The molecule has 1 aliphatic heterocycles. The standard InChI is InChI=1S/C13H25NO2S/c1-13(2)7-5-11(6-8-13)14-12-4-3-9-17(15,16)10-12/h11-12,14H,3-10H2,1-2H3. The van der Waals surface area contributed by atoms with Crippen LogP contribution in [0.25, 0.3) is 0 Å². The van der Waals surface area contributed by atoms with E-state index in [0.717, 1.165) is 12.8 Å². The van der Waals surface area contributed by atoms with Gasteiger partial charge in [-0.1, -0.05) is 13.8 Å². The van der Waals surface area contributed by atoms with E-state index < -0.39 is 9.84 Å². The summed E-state index contributed by atoms with van der Waals surface area (Å²) in [4.78, 5) is 0. The fraction of sp³-hybridized carbons (Fsp3) is 1.00. The molecule has 0 spiro atoms. The molecule has 17 heavy (non-hydrogen) atoms. The highest BCUT2D eigenvalue weighted by Crippen LogP contribution is 2.35. The van der Waals surface area contributed by atoms with E-state index in [1.165, 1.54) is 25.7 Å². The molecule has 0 bridgehead atoms. The highest BCUT2D eigenvalue weighted by atomic mass is 32.2. The predicted octanol–water partition coefficient (Wildman–Crippen LogP) is 2.12. The van der Waals surface area contributed by atoms with Crippen molar-refractivity contribution in [2.24, 2.45) is 5.41 Å². The van der Waals surface area contributed by atoms with E-state index in [2.05, 4.69) is 19.2 Å². The van der Waals surface area contributed by atoms with Gasteiger partial charge in [0, 0.05) is 12.1 Å². The second-order valence-electron chi connectivity index (χ2n) is 6.56. The number of sulfone groups is 1. The van der Waals surface area contributed by atoms with Gasteiger partial charge >= 0.3 is 0 Å². The van der Waals surface area contributed by atoms with Gasteiger partial charge in [-0.3, -0.25) is 0 Å². The lowest BCUT2D eigenvalue weighted by Gasteiger charge is -2.37. The summed E-state index contributed by atoms with van der Waals surface area (Å²) in [6.45, 7) is 4.66. The Balaban J connectivity index is 1.82. The summed E-state index contributed by atoms with van der Waals surface area (Å²) in [5.41, 5.74) is 0.483. The zero-order valence-electron chi connectivity index (χ0n) is 11.0. The summed E-state index contributed by atoms with van der Waals surface area (Å²) >= 11 is 0. The molecule has 1 saturated heterocycles. The van der Waals surface area contributed by atoms with Crippen molar-refractivity contribution in [3.8, 4) is 0 Å². The smallest absolute Gasteiger partial charge is 0.151 e. The van der Waals surface area contributed by atoms with Crippen molar-refractivity contribution < 1.29 is 8.42 Å². The lowest BCUT2D eigenvalue weighted by molar-refractivity contribution is 0.198. The van der Waals surface area contributed by atoms with Gasteiger partial charge in [-0.25, -0.2) is 8.42 Å². The van der Waals surface area contributed by atoms with Gasteiger partial charge in [-0.2, -0.15) is 0 Å². The maximum atomic E-state index is 11.6. The van der Waals surface area contributed by atoms with Crippen LogP contribution in [0.5, 0.6) is 0 Å². The average molecular weight is 259 g/mol. The molecule has 0 amide bonds. The Kier molecular flexibility index (Phi) is 3.83. The average Bonchev–Trinajstić information content (AvgIpc) is 2.20. The van der Waals surface area contributed by atoms with Gasteiger partial charge in [0.25, 0.3) is 0 Å². The minimum atomic E-state index is -2.77. The van der Waals surface area contributed by atoms with Crippen LogP contribution in [0.4, 0.5) is 0 Å². The first-order chi connectivity index (χ1) is 7.86. The van der Waals surface area contributed by atoms with Crippen molar-refractivity contribution in [1.29, 1.82) is 0 Å². The Morgan fingerprint density at radius 3 is 2.29 bits per heavy atom. The Morgan fingerprint density at radius 1 is 1.06 bits per heavy atom. The molecule has 1 unspecified atom stereocenters. The van der Waals surface area contributed by atoms with Crippen molar-refractivity contribution in [2.75, 3.05) is 11.5 Å². The molecule has 1 N–H and O–H groups in total. The van der Waals surface area contributed by atoms with Gasteiger partial charge in [0.2, 0.25) is 0 Å². The highest BCUT2D eigenvalue weighted by molar-refractivity contribution is 7.91. The lowest BCUT2D eigenvalue weighted by Crippen LogP contribution is -2.47. The van der Waals surface area contributed by atoms with Crippen LogP contribution in [0, 0.1) is 5.41 Å².